The molecule has 0 spiro atoms. The van der Waals surface area contributed by atoms with Crippen molar-refractivity contribution in [3.05, 3.63) is 12.2 Å². The number of hydrogen-bond acceptors (Lipinski definition) is 2. The van der Waals surface area contributed by atoms with E-state index < -0.39 is 7.38 Å². The zero-order valence-corrected chi connectivity index (χ0v) is 10.3. The average Bonchev–Trinajstić information content (AvgIpc) is 2.13. The Labute approximate surface area is 85.6 Å². The van der Waals surface area contributed by atoms with Crippen molar-refractivity contribution in [1.29, 1.82) is 0 Å². The van der Waals surface area contributed by atoms with E-state index in [1.165, 1.54) is 0 Å². The van der Waals surface area contributed by atoms with Gasteiger partial charge in [-0.15, -0.1) is 0 Å². The van der Waals surface area contributed by atoms with Crippen LogP contribution in [0.1, 0.15) is 20.8 Å². The van der Waals surface area contributed by atoms with E-state index in [9.17, 15) is 4.79 Å². The van der Waals surface area contributed by atoms with Gasteiger partial charge in [0.1, 0.15) is 0 Å². The van der Waals surface area contributed by atoms with E-state index in [1.54, 1.807) is 6.92 Å². The normalized spacial score (nSPS) is 11.1. The van der Waals surface area contributed by atoms with Gasteiger partial charge < -0.3 is 4.74 Å². The Morgan fingerprint density at radius 3 is 2.23 bits per heavy atom. The highest BCUT2D eigenvalue weighted by Gasteiger charge is 2.28. The number of halogens is 1. The van der Waals surface area contributed by atoms with E-state index in [1.807, 2.05) is 13.8 Å². The summed E-state index contributed by atoms with van der Waals surface area (Å²) in [4.78, 5) is 11.1. The van der Waals surface area contributed by atoms with Crippen molar-refractivity contribution >= 4 is 24.4 Å². The first-order valence-corrected chi connectivity index (χ1v) is 8.10. The molecule has 0 amide bonds. The molecular formula is C9H17ClO2Si. The Kier molecular flexibility index (Phi) is 5.33. The van der Waals surface area contributed by atoms with Gasteiger partial charge in [-0.05, 0) is 19.0 Å². The topological polar surface area (TPSA) is 26.3 Å². The Balaban J connectivity index is 4.00. The van der Waals surface area contributed by atoms with E-state index in [2.05, 4.69) is 6.58 Å². The minimum atomic E-state index is -1.82. The maximum Gasteiger partial charge on any atom is 0.332 e. The standard InChI is InChI=1S/C9H17ClO2Si/c1-5-13(10,6-2)7-12-9(11)8(3)4/h3,5-7H2,1-2,4H3. The average molecular weight is 221 g/mol. The second-order valence-corrected chi connectivity index (χ2v) is 9.62. The second kappa shape index (κ2) is 5.45. The molecule has 0 rings (SSSR count). The van der Waals surface area contributed by atoms with Crippen molar-refractivity contribution in [3.8, 4) is 0 Å². The summed E-state index contributed by atoms with van der Waals surface area (Å²) in [7, 11) is -1.82. The third-order valence-electron chi connectivity index (χ3n) is 2.08. The van der Waals surface area contributed by atoms with Crippen molar-refractivity contribution in [3.63, 3.8) is 0 Å². The molecular weight excluding hydrogens is 204 g/mol. The lowest BCUT2D eigenvalue weighted by molar-refractivity contribution is -0.137. The van der Waals surface area contributed by atoms with Gasteiger partial charge in [0.05, 0.1) is 6.23 Å². The predicted molar refractivity (Wildman–Crippen MR) is 58.3 cm³/mol. The van der Waals surface area contributed by atoms with Gasteiger partial charge in [0.2, 0.25) is 0 Å². The molecule has 0 aromatic heterocycles. The smallest absolute Gasteiger partial charge is 0.332 e. The zero-order valence-electron chi connectivity index (χ0n) is 8.52. The maximum atomic E-state index is 11.1. The lowest BCUT2D eigenvalue weighted by Crippen LogP contribution is -2.33. The minimum absolute atomic E-state index is 0.334. The SMILES string of the molecule is C=C(C)C(=O)OC[Si](Cl)(CC)CC. The van der Waals surface area contributed by atoms with Crippen LogP contribution in [0.2, 0.25) is 12.1 Å². The molecule has 0 N–H and O–H groups in total. The highest BCUT2D eigenvalue weighted by Crippen LogP contribution is 2.20. The van der Waals surface area contributed by atoms with Crippen LogP contribution in [0.3, 0.4) is 0 Å². The summed E-state index contributed by atoms with van der Waals surface area (Å²) in [5, 5.41) is 0. The second-order valence-electron chi connectivity index (χ2n) is 3.21. The number of carbonyl (C=O) groups is 1. The zero-order chi connectivity index (χ0) is 10.5. The molecule has 0 saturated carbocycles. The van der Waals surface area contributed by atoms with Gasteiger partial charge in [0.15, 0.2) is 7.38 Å². The van der Waals surface area contributed by atoms with Crippen LogP contribution >= 0.6 is 11.1 Å². The van der Waals surface area contributed by atoms with Gasteiger partial charge >= 0.3 is 5.97 Å². The van der Waals surface area contributed by atoms with Crippen molar-refractivity contribution in [2.75, 3.05) is 6.23 Å². The molecule has 0 radical (unpaired) electrons. The fraction of sp³-hybridized carbons (Fsp3) is 0.667. The van der Waals surface area contributed by atoms with Crippen molar-refractivity contribution in [2.45, 2.75) is 32.9 Å². The highest BCUT2D eigenvalue weighted by atomic mass is 35.6. The summed E-state index contributed by atoms with van der Waals surface area (Å²) in [6.07, 6.45) is 0.396. The molecule has 0 aromatic carbocycles. The van der Waals surface area contributed by atoms with Crippen LogP contribution in [-0.2, 0) is 9.53 Å². The van der Waals surface area contributed by atoms with Gasteiger partial charge in [-0.25, -0.2) is 4.79 Å². The van der Waals surface area contributed by atoms with E-state index >= 15 is 0 Å². The predicted octanol–water partition coefficient (Wildman–Crippen LogP) is 2.87. The molecule has 0 fully saturated rings. The molecule has 76 valence electrons. The van der Waals surface area contributed by atoms with Gasteiger partial charge in [-0.1, -0.05) is 20.4 Å². The molecule has 2 nitrogen and oxygen atoms in total. The highest BCUT2D eigenvalue weighted by molar-refractivity contribution is 7.20. The summed E-state index contributed by atoms with van der Waals surface area (Å²) < 4.78 is 5.04. The summed E-state index contributed by atoms with van der Waals surface area (Å²) in [5.41, 5.74) is 0.431. The van der Waals surface area contributed by atoms with E-state index in [0.29, 0.717) is 11.8 Å². The fourth-order valence-corrected chi connectivity index (χ4v) is 2.23. The molecule has 0 aliphatic carbocycles. The third kappa shape index (κ3) is 4.48. The van der Waals surface area contributed by atoms with Crippen molar-refractivity contribution in [1.82, 2.24) is 0 Å². The van der Waals surface area contributed by atoms with Crippen LogP contribution in [0.15, 0.2) is 12.2 Å². The summed E-state index contributed by atoms with van der Waals surface area (Å²) in [6.45, 7) is 9.22. The number of rotatable bonds is 5. The number of carbonyl (C=O) groups excluding carboxylic acids is 1. The van der Waals surface area contributed by atoms with Crippen molar-refractivity contribution < 1.29 is 9.53 Å². The van der Waals surface area contributed by atoms with Crippen LogP contribution in [0, 0.1) is 0 Å². The number of hydrogen-bond donors (Lipinski definition) is 0. The van der Waals surface area contributed by atoms with Crippen LogP contribution in [0.5, 0.6) is 0 Å². The molecule has 0 aromatic rings. The molecule has 0 unspecified atom stereocenters. The quantitative estimate of drug-likeness (QED) is 0.308. The molecule has 4 heteroatoms. The first-order valence-electron chi connectivity index (χ1n) is 4.46. The van der Waals surface area contributed by atoms with Crippen LogP contribution in [-0.4, -0.2) is 19.6 Å². The first kappa shape index (κ1) is 12.7. The first-order chi connectivity index (χ1) is 5.95. The van der Waals surface area contributed by atoms with E-state index in [4.69, 9.17) is 15.8 Å². The summed E-state index contributed by atoms with van der Waals surface area (Å²) >= 11 is 6.29. The Hall–Kier alpha value is -0.283. The number of ether oxygens (including phenoxy) is 1. The van der Waals surface area contributed by atoms with Gasteiger partial charge in [-0.2, -0.15) is 11.1 Å². The molecule has 0 saturated heterocycles. The number of esters is 1. The molecule has 0 aliphatic heterocycles. The summed E-state index contributed by atoms with van der Waals surface area (Å²) in [6, 6.07) is 1.85. The Morgan fingerprint density at radius 1 is 1.46 bits per heavy atom. The maximum absolute atomic E-state index is 11.1. The van der Waals surface area contributed by atoms with Crippen LogP contribution in [0.25, 0.3) is 0 Å². The fourth-order valence-electron chi connectivity index (χ4n) is 0.772. The van der Waals surface area contributed by atoms with Crippen LogP contribution < -0.4 is 0 Å². The lowest BCUT2D eigenvalue weighted by atomic mass is 10.4. The lowest BCUT2D eigenvalue weighted by Gasteiger charge is -2.20. The molecule has 0 bridgehead atoms. The summed E-state index contributed by atoms with van der Waals surface area (Å²) in [5.74, 6) is -0.334. The molecule has 0 heterocycles. The van der Waals surface area contributed by atoms with Crippen LogP contribution in [0.4, 0.5) is 0 Å². The minimum Gasteiger partial charge on any atom is -0.465 e. The van der Waals surface area contributed by atoms with Gasteiger partial charge in [0, 0.05) is 5.57 Å². The Morgan fingerprint density at radius 2 is 1.92 bits per heavy atom. The van der Waals surface area contributed by atoms with E-state index in [0.717, 1.165) is 12.1 Å². The largest absolute Gasteiger partial charge is 0.465 e. The van der Waals surface area contributed by atoms with Gasteiger partial charge in [-0.3, -0.25) is 0 Å². The molecule has 0 atom stereocenters. The third-order valence-corrected chi connectivity index (χ3v) is 7.20. The Bertz CT molecular complexity index is 200. The van der Waals surface area contributed by atoms with Crippen molar-refractivity contribution in [2.24, 2.45) is 0 Å². The van der Waals surface area contributed by atoms with Gasteiger partial charge in [0.25, 0.3) is 0 Å². The monoisotopic (exact) mass is 220 g/mol. The van der Waals surface area contributed by atoms with E-state index in [-0.39, 0.29) is 5.97 Å². The molecule has 13 heavy (non-hydrogen) atoms. The molecule has 0 aliphatic rings.